The number of sulfonamides is 1. The molecule has 0 spiro atoms. The predicted molar refractivity (Wildman–Crippen MR) is 82.8 cm³/mol. The van der Waals surface area contributed by atoms with Crippen molar-refractivity contribution in [2.75, 3.05) is 13.2 Å². The number of hydrogen-bond donors (Lipinski definition) is 2. The molecule has 6 heteroatoms. The average Bonchev–Trinajstić information content (AvgIpc) is 2.46. The van der Waals surface area contributed by atoms with Gasteiger partial charge in [-0.25, -0.2) is 13.1 Å². The first kappa shape index (κ1) is 16.3. The third-order valence-corrected chi connectivity index (χ3v) is 5.41. The molecule has 0 heterocycles. The lowest BCUT2D eigenvalue weighted by molar-refractivity contribution is 0.173. The van der Waals surface area contributed by atoms with Crippen LogP contribution >= 0.6 is 0 Å². The lowest BCUT2D eigenvalue weighted by Gasteiger charge is -2.33. The zero-order chi connectivity index (χ0) is 15.3. The Kier molecular flexibility index (Phi) is 5.24. The minimum Gasteiger partial charge on any atom is -0.492 e. The molecular weight excluding hydrogens is 288 g/mol. The van der Waals surface area contributed by atoms with Crippen molar-refractivity contribution in [1.29, 1.82) is 0 Å². The Labute approximate surface area is 126 Å². The summed E-state index contributed by atoms with van der Waals surface area (Å²) in [5.74, 6) is 0.654. The molecule has 118 valence electrons. The van der Waals surface area contributed by atoms with Crippen molar-refractivity contribution in [3.63, 3.8) is 0 Å². The minimum absolute atomic E-state index is 0.243. The highest BCUT2D eigenvalue weighted by Crippen LogP contribution is 2.27. The highest BCUT2D eigenvalue weighted by molar-refractivity contribution is 7.89. The molecule has 3 N–H and O–H groups in total. The van der Waals surface area contributed by atoms with E-state index in [9.17, 15) is 8.42 Å². The summed E-state index contributed by atoms with van der Waals surface area (Å²) in [7, 11) is -3.40. The van der Waals surface area contributed by atoms with Gasteiger partial charge in [0.1, 0.15) is 12.4 Å². The largest absolute Gasteiger partial charge is 0.492 e. The van der Waals surface area contributed by atoms with Crippen LogP contribution in [0.25, 0.3) is 0 Å². The van der Waals surface area contributed by atoms with E-state index in [1.807, 2.05) is 0 Å². The molecule has 1 aromatic rings. The molecule has 1 aliphatic rings. The molecule has 0 aromatic heterocycles. The van der Waals surface area contributed by atoms with E-state index in [0.29, 0.717) is 18.9 Å². The summed E-state index contributed by atoms with van der Waals surface area (Å²) in [6.45, 7) is 2.60. The molecular formula is C15H24N2O3S. The fourth-order valence-electron chi connectivity index (χ4n) is 2.62. The van der Waals surface area contributed by atoms with Crippen molar-refractivity contribution in [2.24, 2.45) is 5.73 Å². The van der Waals surface area contributed by atoms with Gasteiger partial charge in [0.25, 0.3) is 0 Å². The molecule has 0 radical (unpaired) electrons. The Balaban J connectivity index is 1.96. The molecule has 0 bridgehead atoms. The summed E-state index contributed by atoms with van der Waals surface area (Å²) in [4.78, 5) is 0.247. The second-order valence-corrected chi connectivity index (χ2v) is 7.45. The normalized spacial score (nSPS) is 18.4. The summed E-state index contributed by atoms with van der Waals surface area (Å²) in [6.07, 6.45) is 5.52. The molecule has 5 nitrogen and oxygen atoms in total. The monoisotopic (exact) mass is 312 g/mol. The van der Waals surface area contributed by atoms with E-state index >= 15 is 0 Å². The van der Waals surface area contributed by atoms with Crippen LogP contribution in [0, 0.1) is 0 Å². The topological polar surface area (TPSA) is 81.4 Å². The first-order valence-corrected chi connectivity index (χ1v) is 8.95. The second kappa shape index (κ2) is 6.77. The van der Waals surface area contributed by atoms with Crippen molar-refractivity contribution in [2.45, 2.75) is 49.5 Å². The summed E-state index contributed by atoms with van der Waals surface area (Å²) in [5.41, 5.74) is 6.07. The molecule has 1 aromatic carbocycles. The van der Waals surface area contributed by atoms with Crippen LogP contribution in [-0.4, -0.2) is 27.1 Å². The third kappa shape index (κ3) is 4.43. The van der Waals surface area contributed by atoms with Crippen molar-refractivity contribution in [1.82, 2.24) is 4.72 Å². The number of hydrogen-bond acceptors (Lipinski definition) is 4. The fraction of sp³-hybridized carbons (Fsp3) is 0.600. The fourth-order valence-corrected chi connectivity index (χ4v) is 3.66. The SMILES string of the molecule is CCNS(=O)(=O)c1ccc(OCC2(N)CCCCC2)cc1. The van der Waals surface area contributed by atoms with Gasteiger partial charge in [0, 0.05) is 6.54 Å². The van der Waals surface area contributed by atoms with Gasteiger partial charge in [0.2, 0.25) is 10.0 Å². The lowest BCUT2D eigenvalue weighted by Crippen LogP contribution is -2.47. The standard InChI is InChI=1S/C15H24N2O3S/c1-2-17-21(18,19)14-8-6-13(7-9-14)20-12-15(16)10-4-3-5-11-15/h6-9,17H,2-5,10-12,16H2,1H3. The quantitative estimate of drug-likeness (QED) is 0.842. The number of nitrogens with two attached hydrogens (primary N) is 1. The Morgan fingerprint density at radius 3 is 2.38 bits per heavy atom. The van der Waals surface area contributed by atoms with Crippen molar-refractivity contribution < 1.29 is 13.2 Å². The average molecular weight is 312 g/mol. The van der Waals surface area contributed by atoms with E-state index in [0.717, 1.165) is 25.7 Å². The molecule has 21 heavy (non-hydrogen) atoms. The van der Waals surface area contributed by atoms with Gasteiger partial charge >= 0.3 is 0 Å². The highest BCUT2D eigenvalue weighted by atomic mass is 32.2. The summed E-state index contributed by atoms with van der Waals surface area (Å²) >= 11 is 0. The van der Waals surface area contributed by atoms with Gasteiger partial charge in [-0.15, -0.1) is 0 Å². The molecule has 1 fully saturated rings. The smallest absolute Gasteiger partial charge is 0.240 e. The van der Waals surface area contributed by atoms with Crippen LogP contribution < -0.4 is 15.2 Å². The van der Waals surface area contributed by atoms with Crippen molar-refractivity contribution in [3.8, 4) is 5.75 Å². The first-order chi connectivity index (χ1) is 9.95. The van der Waals surface area contributed by atoms with E-state index < -0.39 is 10.0 Å². The van der Waals surface area contributed by atoms with Gasteiger partial charge in [0.15, 0.2) is 0 Å². The molecule has 0 saturated heterocycles. The molecule has 0 atom stereocenters. The van der Waals surface area contributed by atoms with Crippen LogP contribution in [0.4, 0.5) is 0 Å². The Morgan fingerprint density at radius 1 is 1.19 bits per heavy atom. The summed E-state index contributed by atoms with van der Waals surface area (Å²) < 4.78 is 31.9. The molecule has 2 rings (SSSR count). The van der Waals surface area contributed by atoms with Gasteiger partial charge in [-0.3, -0.25) is 0 Å². The maximum atomic E-state index is 11.8. The number of rotatable bonds is 6. The zero-order valence-electron chi connectivity index (χ0n) is 12.5. The van der Waals surface area contributed by atoms with Crippen LogP contribution in [0.2, 0.25) is 0 Å². The van der Waals surface area contributed by atoms with Crippen LogP contribution in [0.15, 0.2) is 29.2 Å². The van der Waals surface area contributed by atoms with E-state index in [4.69, 9.17) is 10.5 Å². The van der Waals surface area contributed by atoms with Crippen LogP contribution in [-0.2, 0) is 10.0 Å². The van der Waals surface area contributed by atoms with Crippen molar-refractivity contribution >= 4 is 10.0 Å². The number of benzene rings is 1. The Bertz CT molecular complexity index is 549. The number of ether oxygens (including phenoxy) is 1. The Hall–Kier alpha value is -1.11. The molecule has 0 amide bonds. The van der Waals surface area contributed by atoms with Crippen molar-refractivity contribution in [3.05, 3.63) is 24.3 Å². The summed E-state index contributed by atoms with van der Waals surface area (Å²) in [5, 5.41) is 0. The third-order valence-electron chi connectivity index (χ3n) is 3.84. The van der Waals surface area contributed by atoms with Gasteiger partial charge < -0.3 is 10.5 Å². The van der Waals surface area contributed by atoms with Crippen LogP contribution in [0.1, 0.15) is 39.0 Å². The van der Waals surface area contributed by atoms with Gasteiger partial charge in [-0.1, -0.05) is 26.2 Å². The van der Waals surface area contributed by atoms with Gasteiger partial charge in [-0.2, -0.15) is 0 Å². The minimum atomic E-state index is -3.40. The van der Waals surface area contributed by atoms with Crippen LogP contribution in [0.3, 0.4) is 0 Å². The van der Waals surface area contributed by atoms with E-state index in [2.05, 4.69) is 4.72 Å². The molecule has 1 aliphatic carbocycles. The number of nitrogens with one attached hydrogen (secondary N) is 1. The molecule has 0 aliphatic heterocycles. The van der Waals surface area contributed by atoms with E-state index in [1.54, 1.807) is 31.2 Å². The maximum absolute atomic E-state index is 11.8. The van der Waals surface area contributed by atoms with E-state index in [1.165, 1.54) is 6.42 Å². The molecule has 1 saturated carbocycles. The van der Waals surface area contributed by atoms with Crippen LogP contribution in [0.5, 0.6) is 5.75 Å². The Morgan fingerprint density at radius 2 is 1.81 bits per heavy atom. The first-order valence-electron chi connectivity index (χ1n) is 7.47. The highest BCUT2D eigenvalue weighted by Gasteiger charge is 2.28. The van der Waals surface area contributed by atoms with E-state index in [-0.39, 0.29) is 10.4 Å². The second-order valence-electron chi connectivity index (χ2n) is 5.68. The predicted octanol–water partition coefficient (Wildman–Crippen LogP) is 2.03. The maximum Gasteiger partial charge on any atom is 0.240 e. The van der Waals surface area contributed by atoms with Gasteiger partial charge in [0.05, 0.1) is 10.4 Å². The zero-order valence-corrected chi connectivity index (χ0v) is 13.3. The van der Waals surface area contributed by atoms with Gasteiger partial charge in [-0.05, 0) is 37.1 Å². The summed E-state index contributed by atoms with van der Waals surface area (Å²) in [6, 6.07) is 6.46. The molecule has 0 unspecified atom stereocenters. The lowest BCUT2D eigenvalue weighted by atomic mass is 9.83.